The quantitative estimate of drug-likeness (QED) is 0.789. The first-order valence-corrected chi connectivity index (χ1v) is 6.62. The third-order valence-electron chi connectivity index (χ3n) is 2.27. The van der Waals surface area contributed by atoms with Gasteiger partial charge in [-0.1, -0.05) is 0 Å². The summed E-state index contributed by atoms with van der Waals surface area (Å²) >= 11 is 0. The topological polar surface area (TPSA) is 59.6 Å². The van der Waals surface area contributed by atoms with Gasteiger partial charge in [-0.15, -0.1) is 0 Å². The molecule has 0 atom stereocenters. The van der Waals surface area contributed by atoms with Crippen molar-refractivity contribution in [1.29, 1.82) is 0 Å². The van der Waals surface area contributed by atoms with Crippen LogP contribution in [0.15, 0.2) is 18.2 Å². The number of carbonyl (C=O) groups is 1. The van der Waals surface area contributed by atoms with E-state index in [0.29, 0.717) is 12.2 Å². The lowest BCUT2D eigenvalue weighted by molar-refractivity contribution is -0.0521. The van der Waals surface area contributed by atoms with E-state index in [2.05, 4.69) is 15.4 Å². The molecule has 0 bridgehead atoms. The van der Waals surface area contributed by atoms with Crippen LogP contribution in [0.25, 0.3) is 0 Å². The molecule has 0 saturated heterocycles. The van der Waals surface area contributed by atoms with Crippen LogP contribution in [-0.4, -0.2) is 31.4 Å². The highest BCUT2D eigenvalue weighted by atomic mass is 19.3. The molecule has 22 heavy (non-hydrogen) atoms. The van der Waals surface area contributed by atoms with E-state index < -0.39 is 29.9 Å². The zero-order valence-electron chi connectivity index (χ0n) is 12.6. The fraction of sp³-hybridized carbons (Fsp3) is 0.500. The highest BCUT2D eigenvalue weighted by molar-refractivity contribution is 5.67. The van der Waals surface area contributed by atoms with Crippen LogP contribution in [0.4, 0.5) is 23.7 Å². The lowest BCUT2D eigenvalue weighted by Gasteiger charge is -2.19. The summed E-state index contributed by atoms with van der Waals surface area (Å²) in [5.41, 5.74) is -0.202. The minimum Gasteiger partial charge on any atom is -0.444 e. The molecular formula is C14H19F3N2O3. The van der Waals surface area contributed by atoms with Crippen molar-refractivity contribution < 1.29 is 27.4 Å². The first-order valence-electron chi connectivity index (χ1n) is 6.62. The Kier molecular flexibility index (Phi) is 6.33. The minimum absolute atomic E-state index is 0.256. The van der Waals surface area contributed by atoms with Gasteiger partial charge in [0, 0.05) is 24.8 Å². The molecule has 0 radical (unpaired) electrons. The summed E-state index contributed by atoms with van der Waals surface area (Å²) in [7, 11) is 0. The van der Waals surface area contributed by atoms with E-state index in [9.17, 15) is 18.0 Å². The molecule has 2 N–H and O–H groups in total. The Morgan fingerprint density at radius 3 is 2.50 bits per heavy atom. The van der Waals surface area contributed by atoms with Crippen molar-refractivity contribution in [2.45, 2.75) is 33.0 Å². The number of ether oxygens (including phenoxy) is 2. The van der Waals surface area contributed by atoms with Gasteiger partial charge in [0.05, 0.1) is 0 Å². The van der Waals surface area contributed by atoms with Crippen LogP contribution < -0.4 is 15.4 Å². The lowest BCUT2D eigenvalue weighted by Crippen LogP contribution is -2.35. The number of hydrogen-bond acceptors (Lipinski definition) is 4. The lowest BCUT2D eigenvalue weighted by atomic mass is 10.2. The monoisotopic (exact) mass is 320 g/mol. The number of hydrogen-bond donors (Lipinski definition) is 2. The van der Waals surface area contributed by atoms with E-state index in [1.165, 1.54) is 6.07 Å². The third kappa shape index (κ3) is 7.05. The summed E-state index contributed by atoms with van der Waals surface area (Å²) < 4.78 is 46.4. The van der Waals surface area contributed by atoms with Gasteiger partial charge < -0.3 is 20.1 Å². The molecule has 124 valence electrons. The van der Waals surface area contributed by atoms with Crippen molar-refractivity contribution in [2.75, 3.05) is 18.4 Å². The fourth-order valence-electron chi connectivity index (χ4n) is 1.49. The van der Waals surface area contributed by atoms with E-state index in [4.69, 9.17) is 4.74 Å². The average molecular weight is 320 g/mol. The molecule has 8 heteroatoms. The normalized spacial score (nSPS) is 11.2. The van der Waals surface area contributed by atoms with Gasteiger partial charge in [-0.3, -0.25) is 0 Å². The predicted octanol–water partition coefficient (Wildman–Crippen LogP) is 3.36. The maximum Gasteiger partial charge on any atom is 0.407 e. The minimum atomic E-state index is -3.08. The van der Waals surface area contributed by atoms with Crippen molar-refractivity contribution in [3.8, 4) is 5.75 Å². The molecule has 0 unspecified atom stereocenters. The summed E-state index contributed by atoms with van der Waals surface area (Å²) in [6, 6.07) is 3.53. The summed E-state index contributed by atoms with van der Waals surface area (Å²) in [6.45, 7) is 2.73. The van der Waals surface area contributed by atoms with Crippen LogP contribution in [0.5, 0.6) is 5.75 Å². The molecule has 0 spiro atoms. The van der Waals surface area contributed by atoms with Crippen LogP contribution in [0.2, 0.25) is 0 Å². The Bertz CT molecular complexity index is 505. The van der Waals surface area contributed by atoms with Gasteiger partial charge >= 0.3 is 12.7 Å². The van der Waals surface area contributed by atoms with Gasteiger partial charge in [-0.05, 0) is 32.9 Å². The molecule has 1 aromatic rings. The van der Waals surface area contributed by atoms with Crippen LogP contribution >= 0.6 is 0 Å². The fourth-order valence-corrected chi connectivity index (χ4v) is 1.49. The maximum absolute atomic E-state index is 13.4. The highest BCUT2D eigenvalue weighted by Crippen LogP contribution is 2.22. The summed E-state index contributed by atoms with van der Waals surface area (Å²) in [6.07, 6.45) is -0.554. The Morgan fingerprint density at radius 2 is 1.95 bits per heavy atom. The zero-order chi connectivity index (χ0) is 16.8. The molecule has 1 amide bonds. The van der Waals surface area contributed by atoms with Gasteiger partial charge in [0.15, 0.2) is 11.6 Å². The number of rotatable bonds is 6. The largest absolute Gasteiger partial charge is 0.444 e. The Hall–Kier alpha value is -2.12. The van der Waals surface area contributed by atoms with E-state index in [0.717, 1.165) is 12.1 Å². The van der Waals surface area contributed by atoms with Crippen molar-refractivity contribution >= 4 is 11.8 Å². The van der Waals surface area contributed by atoms with E-state index in [1.54, 1.807) is 20.8 Å². The number of carbonyl (C=O) groups excluding carboxylic acids is 1. The zero-order valence-corrected chi connectivity index (χ0v) is 12.6. The van der Waals surface area contributed by atoms with E-state index >= 15 is 0 Å². The number of nitrogens with one attached hydrogen (secondary N) is 2. The number of benzene rings is 1. The molecule has 0 aliphatic carbocycles. The second-order valence-corrected chi connectivity index (χ2v) is 5.38. The Balaban J connectivity index is 2.36. The molecular weight excluding hydrogens is 301 g/mol. The van der Waals surface area contributed by atoms with Crippen LogP contribution in [0, 0.1) is 5.82 Å². The average Bonchev–Trinajstić information content (AvgIpc) is 2.35. The van der Waals surface area contributed by atoms with Crippen molar-refractivity contribution in [3.05, 3.63) is 24.0 Å². The van der Waals surface area contributed by atoms with Crippen molar-refractivity contribution in [3.63, 3.8) is 0 Å². The molecule has 0 fully saturated rings. The number of alkyl halides is 2. The second kappa shape index (κ2) is 7.77. The van der Waals surface area contributed by atoms with Gasteiger partial charge in [-0.2, -0.15) is 8.78 Å². The standard InChI is InChI=1S/C14H19F3N2O3/c1-14(2,3)22-13(20)19-7-6-18-9-4-5-11(10(15)8-9)21-12(16)17/h4-5,8,12,18H,6-7H2,1-3H3,(H,19,20). The third-order valence-corrected chi connectivity index (χ3v) is 2.27. The Labute approximate surface area is 126 Å². The Morgan fingerprint density at radius 1 is 1.27 bits per heavy atom. The molecule has 0 heterocycles. The predicted molar refractivity (Wildman–Crippen MR) is 75.8 cm³/mol. The summed E-state index contributed by atoms with van der Waals surface area (Å²) in [5, 5.41) is 5.35. The first-order chi connectivity index (χ1) is 10.2. The van der Waals surface area contributed by atoms with E-state index in [1.807, 2.05) is 0 Å². The van der Waals surface area contributed by atoms with Crippen molar-refractivity contribution in [1.82, 2.24) is 5.32 Å². The SMILES string of the molecule is CC(C)(C)OC(=O)NCCNc1ccc(OC(F)F)c(F)c1. The highest BCUT2D eigenvalue weighted by Gasteiger charge is 2.15. The first kappa shape index (κ1) is 17.9. The molecule has 1 aromatic carbocycles. The van der Waals surface area contributed by atoms with Crippen molar-refractivity contribution in [2.24, 2.45) is 0 Å². The number of halogens is 3. The molecule has 0 aromatic heterocycles. The number of alkyl carbamates (subject to hydrolysis) is 1. The smallest absolute Gasteiger partial charge is 0.407 e. The van der Waals surface area contributed by atoms with Crippen LogP contribution in [0.1, 0.15) is 20.8 Å². The van der Waals surface area contributed by atoms with Crippen LogP contribution in [0.3, 0.4) is 0 Å². The molecule has 0 aliphatic heterocycles. The second-order valence-electron chi connectivity index (χ2n) is 5.38. The molecule has 5 nitrogen and oxygen atoms in total. The van der Waals surface area contributed by atoms with E-state index in [-0.39, 0.29) is 6.54 Å². The molecule has 0 aliphatic rings. The summed E-state index contributed by atoms with van der Waals surface area (Å²) in [5.74, 6) is -1.42. The number of anilines is 1. The van der Waals surface area contributed by atoms with Gasteiger partial charge in [-0.25, -0.2) is 9.18 Å². The molecule has 1 rings (SSSR count). The maximum atomic E-state index is 13.4. The van der Waals surface area contributed by atoms with Crippen LogP contribution in [-0.2, 0) is 4.74 Å². The number of amides is 1. The van der Waals surface area contributed by atoms with Gasteiger partial charge in [0.2, 0.25) is 0 Å². The van der Waals surface area contributed by atoms with Gasteiger partial charge in [0.25, 0.3) is 0 Å². The van der Waals surface area contributed by atoms with Gasteiger partial charge in [0.1, 0.15) is 5.60 Å². The molecule has 0 saturated carbocycles. The summed E-state index contributed by atoms with van der Waals surface area (Å²) in [4.78, 5) is 11.4.